The van der Waals surface area contributed by atoms with Crippen LogP contribution in [0.4, 0.5) is 0 Å². The summed E-state index contributed by atoms with van der Waals surface area (Å²) in [7, 11) is 0. The molecule has 5 aromatic rings. The lowest BCUT2D eigenvalue weighted by atomic mass is 9.92. The molecule has 0 atom stereocenters. The molecular formula is C24H13Cl. The average Bonchev–Trinajstić information content (AvgIpc) is 3.00. The van der Waals surface area contributed by atoms with Crippen LogP contribution in [0.25, 0.3) is 54.6 Å². The van der Waals surface area contributed by atoms with Gasteiger partial charge in [0.2, 0.25) is 0 Å². The van der Waals surface area contributed by atoms with E-state index in [2.05, 4.69) is 66.7 Å². The number of hydrogen-bond acceptors (Lipinski definition) is 0. The predicted molar refractivity (Wildman–Crippen MR) is 108 cm³/mol. The van der Waals surface area contributed by atoms with Crippen molar-refractivity contribution in [1.29, 1.82) is 0 Å². The van der Waals surface area contributed by atoms with Crippen molar-refractivity contribution in [3.05, 3.63) is 83.9 Å². The van der Waals surface area contributed by atoms with E-state index in [-0.39, 0.29) is 0 Å². The highest BCUT2D eigenvalue weighted by atomic mass is 35.5. The Kier molecular flexibility index (Phi) is 2.49. The van der Waals surface area contributed by atoms with Gasteiger partial charge in [0.25, 0.3) is 0 Å². The largest absolute Gasteiger partial charge is 0.0837 e. The van der Waals surface area contributed by atoms with Crippen molar-refractivity contribution in [3.63, 3.8) is 0 Å². The van der Waals surface area contributed by atoms with Gasteiger partial charge < -0.3 is 0 Å². The zero-order valence-corrected chi connectivity index (χ0v) is 14.1. The first-order chi connectivity index (χ1) is 12.3. The highest BCUT2D eigenvalue weighted by molar-refractivity contribution is 6.37. The van der Waals surface area contributed by atoms with Gasteiger partial charge in [0.1, 0.15) is 0 Å². The van der Waals surface area contributed by atoms with Gasteiger partial charge in [-0.3, -0.25) is 0 Å². The van der Waals surface area contributed by atoms with E-state index in [0.29, 0.717) is 0 Å². The summed E-state index contributed by atoms with van der Waals surface area (Å²) in [5.74, 6) is 0. The van der Waals surface area contributed by atoms with Crippen LogP contribution in [0.5, 0.6) is 0 Å². The average molecular weight is 337 g/mol. The third-order valence-electron chi connectivity index (χ3n) is 5.44. The first-order valence-electron chi connectivity index (χ1n) is 8.49. The first kappa shape index (κ1) is 13.5. The molecule has 116 valence electrons. The van der Waals surface area contributed by atoms with Gasteiger partial charge in [0, 0.05) is 10.6 Å². The molecule has 0 spiro atoms. The van der Waals surface area contributed by atoms with Gasteiger partial charge in [-0.05, 0) is 61.1 Å². The second kappa shape index (κ2) is 4.62. The summed E-state index contributed by atoms with van der Waals surface area (Å²) in [6.07, 6.45) is 0. The van der Waals surface area contributed by atoms with Crippen molar-refractivity contribution in [2.24, 2.45) is 0 Å². The maximum absolute atomic E-state index is 6.54. The molecule has 1 aliphatic carbocycles. The van der Waals surface area contributed by atoms with Crippen LogP contribution in [0, 0.1) is 0 Å². The second-order valence-electron chi connectivity index (χ2n) is 6.70. The molecule has 0 N–H and O–H groups in total. The second-order valence-corrected chi connectivity index (χ2v) is 7.11. The van der Waals surface area contributed by atoms with E-state index in [0.717, 1.165) is 10.6 Å². The van der Waals surface area contributed by atoms with E-state index in [1.807, 2.05) is 12.1 Å². The summed E-state index contributed by atoms with van der Waals surface area (Å²) >= 11 is 6.54. The van der Waals surface area contributed by atoms with Crippen molar-refractivity contribution in [3.8, 4) is 22.3 Å². The van der Waals surface area contributed by atoms with Gasteiger partial charge in [-0.1, -0.05) is 78.3 Å². The smallest absolute Gasteiger partial charge is 0.0484 e. The molecule has 5 aromatic carbocycles. The maximum Gasteiger partial charge on any atom is 0.0484 e. The molecule has 0 unspecified atom stereocenters. The zero-order chi connectivity index (χ0) is 16.5. The minimum Gasteiger partial charge on any atom is -0.0837 e. The fourth-order valence-corrected chi connectivity index (χ4v) is 4.65. The zero-order valence-electron chi connectivity index (χ0n) is 13.4. The number of halogens is 1. The Morgan fingerprint density at radius 3 is 1.96 bits per heavy atom. The van der Waals surface area contributed by atoms with E-state index in [9.17, 15) is 0 Å². The van der Waals surface area contributed by atoms with Crippen LogP contribution < -0.4 is 0 Å². The molecule has 1 heteroatoms. The van der Waals surface area contributed by atoms with Crippen LogP contribution in [-0.2, 0) is 0 Å². The molecule has 0 nitrogen and oxygen atoms in total. The molecule has 0 saturated heterocycles. The Hall–Kier alpha value is -2.83. The predicted octanol–water partition coefficient (Wildman–Crippen LogP) is 7.45. The maximum atomic E-state index is 6.54. The fraction of sp³-hybridized carbons (Fsp3) is 0. The standard InChI is InChI=1S/C24H13Cl/c25-21-10-2-1-7-16(21)20-13-15-6-4-9-18-17-8-3-5-14-11-12-19(20)24(22(14)17)23(15)18/h1-13H. The van der Waals surface area contributed by atoms with Crippen LogP contribution in [0.1, 0.15) is 0 Å². The van der Waals surface area contributed by atoms with Crippen LogP contribution in [-0.4, -0.2) is 0 Å². The van der Waals surface area contributed by atoms with E-state index in [4.69, 9.17) is 11.6 Å². The van der Waals surface area contributed by atoms with E-state index < -0.39 is 0 Å². The van der Waals surface area contributed by atoms with Gasteiger partial charge in [-0.15, -0.1) is 0 Å². The Morgan fingerprint density at radius 2 is 1.16 bits per heavy atom. The number of hydrogen-bond donors (Lipinski definition) is 0. The lowest BCUT2D eigenvalue weighted by molar-refractivity contribution is 1.67. The summed E-state index contributed by atoms with van der Waals surface area (Å²) in [5.41, 5.74) is 5.00. The van der Waals surface area contributed by atoms with Gasteiger partial charge in [0.05, 0.1) is 0 Å². The number of benzene rings is 5. The third kappa shape index (κ3) is 1.63. The van der Waals surface area contributed by atoms with Crippen molar-refractivity contribution < 1.29 is 0 Å². The third-order valence-corrected chi connectivity index (χ3v) is 5.77. The first-order valence-corrected chi connectivity index (χ1v) is 8.87. The molecule has 6 rings (SSSR count). The Bertz CT molecular complexity index is 1320. The Labute approximate surface area is 150 Å². The molecule has 25 heavy (non-hydrogen) atoms. The molecule has 0 aromatic heterocycles. The van der Waals surface area contributed by atoms with Crippen LogP contribution in [0.15, 0.2) is 78.9 Å². The van der Waals surface area contributed by atoms with Gasteiger partial charge >= 0.3 is 0 Å². The summed E-state index contributed by atoms with van der Waals surface area (Å²) in [6, 6.07) is 28.1. The molecular weight excluding hydrogens is 324 g/mol. The van der Waals surface area contributed by atoms with Crippen molar-refractivity contribution in [2.45, 2.75) is 0 Å². The summed E-state index contributed by atoms with van der Waals surface area (Å²) < 4.78 is 0. The van der Waals surface area contributed by atoms with Crippen molar-refractivity contribution in [2.75, 3.05) is 0 Å². The van der Waals surface area contributed by atoms with Crippen LogP contribution in [0.3, 0.4) is 0 Å². The Morgan fingerprint density at radius 1 is 0.480 bits per heavy atom. The summed E-state index contributed by atoms with van der Waals surface area (Å²) in [4.78, 5) is 0. The SMILES string of the molecule is Clc1ccccc1-c1cc2cccc3c2c2c1ccc1cccc-3c12. The minimum atomic E-state index is 0.798. The molecule has 0 bridgehead atoms. The van der Waals surface area contributed by atoms with Crippen molar-refractivity contribution >= 4 is 43.9 Å². The normalized spacial score (nSPS) is 12.2. The van der Waals surface area contributed by atoms with Gasteiger partial charge in [-0.25, -0.2) is 0 Å². The molecule has 0 aliphatic heterocycles. The number of fused-ring (bicyclic) bond motifs is 1. The summed E-state index contributed by atoms with van der Waals surface area (Å²) in [5, 5.41) is 8.79. The Balaban J connectivity index is 1.93. The van der Waals surface area contributed by atoms with Gasteiger partial charge in [0.15, 0.2) is 0 Å². The molecule has 0 heterocycles. The lowest BCUT2D eigenvalue weighted by Gasteiger charge is -2.12. The monoisotopic (exact) mass is 336 g/mol. The minimum absolute atomic E-state index is 0.798. The molecule has 1 aliphatic rings. The quantitative estimate of drug-likeness (QED) is 0.273. The molecule has 0 saturated carbocycles. The van der Waals surface area contributed by atoms with E-state index in [1.165, 1.54) is 49.0 Å². The fourth-order valence-electron chi connectivity index (χ4n) is 4.42. The van der Waals surface area contributed by atoms with Gasteiger partial charge in [-0.2, -0.15) is 0 Å². The summed E-state index contributed by atoms with van der Waals surface area (Å²) in [6.45, 7) is 0. The van der Waals surface area contributed by atoms with Crippen LogP contribution in [0.2, 0.25) is 5.02 Å². The highest BCUT2D eigenvalue weighted by Crippen LogP contribution is 2.50. The number of rotatable bonds is 1. The molecule has 0 amide bonds. The van der Waals surface area contributed by atoms with E-state index >= 15 is 0 Å². The van der Waals surface area contributed by atoms with Crippen molar-refractivity contribution in [1.82, 2.24) is 0 Å². The molecule has 0 radical (unpaired) electrons. The topological polar surface area (TPSA) is 0 Å². The highest BCUT2D eigenvalue weighted by Gasteiger charge is 2.22. The lowest BCUT2D eigenvalue weighted by Crippen LogP contribution is -1.85. The van der Waals surface area contributed by atoms with E-state index in [1.54, 1.807) is 0 Å². The van der Waals surface area contributed by atoms with Crippen LogP contribution >= 0.6 is 11.6 Å². The molecule has 0 fully saturated rings.